The lowest BCUT2D eigenvalue weighted by atomic mass is 9.84. The number of rotatable bonds is 5. The van der Waals surface area contributed by atoms with Crippen molar-refractivity contribution in [3.8, 4) is 11.5 Å². The molecule has 2 N–H and O–H groups in total. The third-order valence-corrected chi connectivity index (χ3v) is 4.69. The first-order valence-corrected chi connectivity index (χ1v) is 8.80. The van der Waals surface area contributed by atoms with Gasteiger partial charge in [-0.25, -0.2) is 5.01 Å². The Balaban J connectivity index is 1.96. The van der Waals surface area contributed by atoms with Crippen LogP contribution >= 0.6 is 0 Å². The number of primary amides is 1. The average Bonchev–Trinajstić information content (AvgIpc) is 3.02. The molecule has 0 unspecified atom stereocenters. The normalized spacial score (nSPS) is 15.1. The maximum Gasteiger partial charge on any atom is 0.274 e. The topological polar surface area (TPSA) is 94.2 Å². The number of nitrogens with two attached hydrogens (primary N) is 1. The number of hydrazone groups is 1. The van der Waals surface area contributed by atoms with Crippen molar-refractivity contribution in [1.29, 1.82) is 0 Å². The Kier molecular flexibility index (Phi) is 5.09. The van der Waals surface area contributed by atoms with Gasteiger partial charge in [0, 0.05) is 22.1 Å². The van der Waals surface area contributed by atoms with E-state index in [4.69, 9.17) is 15.2 Å². The molecule has 0 saturated heterocycles. The summed E-state index contributed by atoms with van der Waals surface area (Å²) in [6, 6.07) is 11.9. The Morgan fingerprint density at radius 2 is 1.71 bits per heavy atom. The van der Waals surface area contributed by atoms with Gasteiger partial charge in [0.15, 0.2) is 11.5 Å². The molecule has 2 amide bonds. The average molecular weight is 381 g/mol. The molecule has 0 fully saturated rings. The van der Waals surface area contributed by atoms with Gasteiger partial charge in [0.05, 0.1) is 26.5 Å². The summed E-state index contributed by atoms with van der Waals surface area (Å²) in [5.74, 6) is 0.355. The van der Waals surface area contributed by atoms with Gasteiger partial charge in [0.25, 0.3) is 5.91 Å². The van der Waals surface area contributed by atoms with Crippen LogP contribution in [0.4, 0.5) is 0 Å². The van der Waals surface area contributed by atoms with Gasteiger partial charge in [0.1, 0.15) is 0 Å². The minimum atomic E-state index is -0.578. The lowest BCUT2D eigenvalue weighted by molar-refractivity contribution is 0.0753. The van der Waals surface area contributed by atoms with Crippen molar-refractivity contribution in [2.24, 2.45) is 16.3 Å². The van der Waals surface area contributed by atoms with Gasteiger partial charge in [0.2, 0.25) is 5.91 Å². The van der Waals surface area contributed by atoms with Crippen molar-refractivity contribution >= 4 is 17.5 Å². The fourth-order valence-corrected chi connectivity index (χ4v) is 3.24. The summed E-state index contributed by atoms with van der Waals surface area (Å²) in [6.45, 7) is 4.46. The summed E-state index contributed by atoms with van der Waals surface area (Å²) >= 11 is 0. The Morgan fingerprint density at radius 3 is 2.36 bits per heavy atom. The number of benzene rings is 2. The zero-order chi connectivity index (χ0) is 20.5. The van der Waals surface area contributed by atoms with Gasteiger partial charge in [-0.3, -0.25) is 9.59 Å². The molecule has 0 aromatic heterocycles. The molecule has 0 radical (unpaired) electrons. The molecule has 7 heteroatoms. The van der Waals surface area contributed by atoms with Gasteiger partial charge in [-0.2, -0.15) is 5.10 Å². The third kappa shape index (κ3) is 3.55. The van der Waals surface area contributed by atoms with Crippen molar-refractivity contribution in [3.05, 3.63) is 59.2 Å². The summed E-state index contributed by atoms with van der Waals surface area (Å²) in [5, 5.41) is 6.00. The third-order valence-electron chi connectivity index (χ3n) is 4.69. The lowest BCUT2D eigenvalue weighted by Crippen LogP contribution is -2.31. The van der Waals surface area contributed by atoms with E-state index < -0.39 is 5.91 Å². The fraction of sp³-hybridized carbons (Fsp3) is 0.286. The zero-order valence-corrected chi connectivity index (χ0v) is 16.4. The molecular formula is C21H23N3O4. The van der Waals surface area contributed by atoms with E-state index in [9.17, 15) is 9.59 Å². The maximum atomic E-state index is 12.9. The van der Waals surface area contributed by atoms with Crippen LogP contribution in [0.25, 0.3) is 0 Å². The van der Waals surface area contributed by atoms with Crippen molar-refractivity contribution in [3.63, 3.8) is 0 Å². The molecule has 2 aromatic rings. The molecule has 146 valence electrons. The molecule has 1 aliphatic heterocycles. The summed E-state index contributed by atoms with van der Waals surface area (Å²) < 4.78 is 10.7. The molecule has 1 aliphatic rings. The molecular weight excluding hydrogens is 358 g/mol. The first-order valence-electron chi connectivity index (χ1n) is 8.80. The molecule has 3 rings (SSSR count). The zero-order valence-electron chi connectivity index (χ0n) is 16.4. The Hall–Kier alpha value is -3.35. The molecule has 7 nitrogen and oxygen atoms in total. The van der Waals surface area contributed by atoms with E-state index >= 15 is 0 Å². The quantitative estimate of drug-likeness (QED) is 0.861. The van der Waals surface area contributed by atoms with Crippen molar-refractivity contribution < 1.29 is 19.1 Å². The Bertz CT molecular complexity index is 966. The van der Waals surface area contributed by atoms with E-state index in [0.717, 1.165) is 11.3 Å². The highest BCUT2D eigenvalue weighted by Crippen LogP contribution is 2.35. The number of hydrogen-bond acceptors (Lipinski definition) is 5. The Morgan fingerprint density at radius 1 is 1.04 bits per heavy atom. The molecule has 1 heterocycles. The SMILES string of the molecule is COc1ccc(C2=NN(C(=O)c3cccc(C(N)=O)c3)CC2(C)C)cc1OC. The van der Waals surface area contributed by atoms with E-state index in [1.807, 2.05) is 32.0 Å². The smallest absolute Gasteiger partial charge is 0.274 e. The number of hydrogen-bond donors (Lipinski definition) is 1. The number of amides is 2. The summed E-state index contributed by atoms with van der Waals surface area (Å²) in [5.41, 5.74) is 7.22. The standard InChI is InChI=1S/C21H23N3O4/c1-21(2)12-24(20(26)15-7-5-6-14(10-15)19(22)25)23-18(21)13-8-9-16(27-3)17(11-13)28-4/h5-11H,12H2,1-4H3,(H2,22,25). The number of carbonyl (C=O) groups excluding carboxylic acids is 2. The number of ether oxygens (including phenoxy) is 2. The predicted molar refractivity (Wildman–Crippen MR) is 106 cm³/mol. The van der Waals surface area contributed by atoms with Crippen LogP contribution in [-0.4, -0.2) is 43.3 Å². The summed E-state index contributed by atoms with van der Waals surface area (Å²) in [4.78, 5) is 24.3. The maximum absolute atomic E-state index is 12.9. The van der Waals surface area contributed by atoms with Crippen LogP contribution in [0, 0.1) is 5.41 Å². The van der Waals surface area contributed by atoms with Crippen LogP contribution in [0.5, 0.6) is 11.5 Å². The van der Waals surface area contributed by atoms with Crippen LogP contribution in [0.1, 0.15) is 40.1 Å². The van der Waals surface area contributed by atoms with E-state index in [0.29, 0.717) is 23.6 Å². The molecule has 0 spiro atoms. The highest BCUT2D eigenvalue weighted by molar-refractivity contribution is 6.08. The highest BCUT2D eigenvalue weighted by atomic mass is 16.5. The largest absolute Gasteiger partial charge is 0.493 e. The molecule has 0 atom stereocenters. The van der Waals surface area contributed by atoms with Crippen LogP contribution in [0.3, 0.4) is 0 Å². The van der Waals surface area contributed by atoms with Crippen molar-refractivity contribution in [1.82, 2.24) is 5.01 Å². The second-order valence-corrected chi connectivity index (χ2v) is 7.21. The monoisotopic (exact) mass is 381 g/mol. The fourth-order valence-electron chi connectivity index (χ4n) is 3.24. The first kappa shape index (κ1) is 19.4. The second kappa shape index (κ2) is 7.34. The number of carbonyl (C=O) groups is 2. The predicted octanol–water partition coefficient (Wildman–Crippen LogP) is 2.69. The molecule has 0 aliphatic carbocycles. The summed E-state index contributed by atoms with van der Waals surface area (Å²) in [7, 11) is 3.15. The molecule has 28 heavy (non-hydrogen) atoms. The highest BCUT2D eigenvalue weighted by Gasteiger charge is 2.38. The molecule has 0 saturated carbocycles. The first-order chi connectivity index (χ1) is 13.3. The van der Waals surface area contributed by atoms with Crippen LogP contribution in [-0.2, 0) is 0 Å². The van der Waals surface area contributed by atoms with E-state index in [1.54, 1.807) is 32.4 Å². The van der Waals surface area contributed by atoms with Gasteiger partial charge in [-0.15, -0.1) is 0 Å². The van der Waals surface area contributed by atoms with Gasteiger partial charge in [-0.1, -0.05) is 19.9 Å². The van der Waals surface area contributed by atoms with E-state index in [-0.39, 0.29) is 16.9 Å². The van der Waals surface area contributed by atoms with Gasteiger partial charge < -0.3 is 15.2 Å². The van der Waals surface area contributed by atoms with Crippen LogP contribution in [0.2, 0.25) is 0 Å². The van der Waals surface area contributed by atoms with Crippen molar-refractivity contribution in [2.75, 3.05) is 20.8 Å². The minimum absolute atomic E-state index is 0.286. The van der Waals surface area contributed by atoms with E-state index in [1.165, 1.54) is 11.1 Å². The van der Waals surface area contributed by atoms with Crippen molar-refractivity contribution in [2.45, 2.75) is 13.8 Å². The van der Waals surface area contributed by atoms with Crippen LogP contribution in [0.15, 0.2) is 47.6 Å². The number of methoxy groups -OCH3 is 2. The lowest BCUT2D eigenvalue weighted by Gasteiger charge is -2.21. The van der Waals surface area contributed by atoms with E-state index in [2.05, 4.69) is 5.10 Å². The molecule has 2 aromatic carbocycles. The van der Waals surface area contributed by atoms with Gasteiger partial charge >= 0.3 is 0 Å². The summed E-state index contributed by atoms with van der Waals surface area (Å²) in [6.07, 6.45) is 0. The number of nitrogens with zero attached hydrogens (tertiary/aromatic N) is 2. The van der Waals surface area contributed by atoms with Gasteiger partial charge in [-0.05, 0) is 36.4 Å². The Labute approximate surface area is 163 Å². The minimum Gasteiger partial charge on any atom is -0.493 e. The molecule has 0 bridgehead atoms. The second-order valence-electron chi connectivity index (χ2n) is 7.21. The van der Waals surface area contributed by atoms with Crippen LogP contribution < -0.4 is 15.2 Å².